The van der Waals surface area contributed by atoms with E-state index in [0.717, 1.165) is 5.56 Å². The Labute approximate surface area is 156 Å². The average Bonchev–Trinajstić information content (AvgIpc) is 2.95. The smallest absolute Gasteiger partial charge is 0.284 e. The van der Waals surface area contributed by atoms with E-state index in [4.69, 9.17) is 5.73 Å². The standard InChI is InChI=1S/C22H17N3O2/c1-14-11-12-19-16(13-14)20(24-18-10-6-5-9-17(18)23)22(27)25(19)21(26)15-7-3-2-4-8-15/h2-13H,23H2,1H3. The van der Waals surface area contributed by atoms with E-state index in [0.29, 0.717) is 28.2 Å². The zero-order chi connectivity index (χ0) is 19.0. The molecule has 0 bridgehead atoms. The van der Waals surface area contributed by atoms with Crippen LogP contribution in [0.1, 0.15) is 21.5 Å². The van der Waals surface area contributed by atoms with Crippen molar-refractivity contribution >= 4 is 34.6 Å². The molecular weight excluding hydrogens is 338 g/mol. The average molecular weight is 355 g/mol. The van der Waals surface area contributed by atoms with Crippen LogP contribution in [0.15, 0.2) is 77.8 Å². The van der Waals surface area contributed by atoms with Crippen molar-refractivity contribution in [2.75, 3.05) is 10.6 Å². The van der Waals surface area contributed by atoms with E-state index in [1.807, 2.05) is 25.1 Å². The molecule has 0 atom stereocenters. The molecule has 4 rings (SSSR count). The van der Waals surface area contributed by atoms with Crippen LogP contribution in [0.25, 0.3) is 0 Å². The van der Waals surface area contributed by atoms with Crippen LogP contribution in [0.3, 0.4) is 0 Å². The van der Waals surface area contributed by atoms with Crippen LogP contribution in [0, 0.1) is 6.92 Å². The van der Waals surface area contributed by atoms with Crippen LogP contribution in [0.2, 0.25) is 0 Å². The van der Waals surface area contributed by atoms with Gasteiger partial charge in [0.25, 0.3) is 11.8 Å². The Hall–Kier alpha value is -3.73. The molecule has 2 amide bonds. The maximum absolute atomic E-state index is 13.1. The summed E-state index contributed by atoms with van der Waals surface area (Å²) < 4.78 is 0. The van der Waals surface area contributed by atoms with Gasteiger partial charge in [-0.15, -0.1) is 0 Å². The molecule has 0 unspecified atom stereocenters. The lowest BCUT2D eigenvalue weighted by atomic mass is 10.1. The number of anilines is 2. The minimum atomic E-state index is -0.451. The molecule has 3 aromatic carbocycles. The third-order valence-electron chi connectivity index (χ3n) is 4.45. The Kier molecular flexibility index (Phi) is 4.05. The number of carbonyl (C=O) groups is 2. The van der Waals surface area contributed by atoms with Crippen LogP contribution in [-0.2, 0) is 4.79 Å². The highest BCUT2D eigenvalue weighted by atomic mass is 16.2. The molecule has 0 aromatic heterocycles. The van der Waals surface area contributed by atoms with Gasteiger partial charge in [-0.25, -0.2) is 9.89 Å². The van der Waals surface area contributed by atoms with Gasteiger partial charge in [0.05, 0.1) is 17.1 Å². The van der Waals surface area contributed by atoms with Gasteiger partial charge in [0.2, 0.25) is 0 Å². The van der Waals surface area contributed by atoms with Crippen molar-refractivity contribution in [3.05, 3.63) is 89.5 Å². The molecule has 132 valence electrons. The van der Waals surface area contributed by atoms with E-state index in [9.17, 15) is 9.59 Å². The maximum atomic E-state index is 13.1. The SMILES string of the molecule is Cc1ccc2c(c1)C(=Nc1ccccc1N)C(=O)N2C(=O)c1ccccc1. The Balaban J connectivity index is 1.87. The predicted molar refractivity (Wildman–Crippen MR) is 106 cm³/mol. The number of hydrogen-bond donors (Lipinski definition) is 1. The second-order valence-corrected chi connectivity index (χ2v) is 6.35. The van der Waals surface area contributed by atoms with Crippen LogP contribution < -0.4 is 10.6 Å². The summed E-state index contributed by atoms with van der Waals surface area (Å²) in [6.45, 7) is 1.93. The fourth-order valence-corrected chi connectivity index (χ4v) is 3.09. The summed E-state index contributed by atoms with van der Waals surface area (Å²) in [6, 6.07) is 21.3. The molecule has 2 N–H and O–H groups in total. The fourth-order valence-electron chi connectivity index (χ4n) is 3.09. The first kappa shape index (κ1) is 16.7. The summed E-state index contributed by atoms with van der Waals surface area (Å²) in [5.41, 5.74) is 9.76. The lowest BCUT2D eigenvalue weighted by molar-refractivity contribution is -0.111. The summed E-state index contributed by atoms with van der Waals surface area (Å²) in [6.07, 6.45) is 0. The first-order chi connectivity index (χ1) is 13.1. The lowest BCUT2D eigenvalue weighted by Gasteiger charge is -2.15. The number of aliphatic imine (C=N–C) groups is 1. The molecule has 1 aliphatic rings. The Morgan fingerprint density at radius 2 is 1.67 bits per heavy atom. The number of rotatable bonds is 2. The lowest BCUT2D eigenvalue weighted by Crippen LogP contribution is -2.36. The maximum Gasteiger partial charge on any atom is 0.284 e. The number of fused-ring (bicyclic) bond motifs is 1. The fraction of sp³-hybridized carbons (Fsp3) is 0.0455. The zero-order valence-electron chi connectivity index (χ0n) is 14.7. The summed E-state index contributed by atoms with van der Waals surface area (Å²) >= 11 is 0. The van der Waals surface area contributed by atoms with Crippen LogP contribution in [-0.4, -0.2) is 17.5 Å². The first-order valence-electron chi connectivity index (χ1n) is 8.54. The Bertz CT molecular complexity index is 1090. The summed E-state index contributed by atoms with van der Waals surface area (Å²) in [5.74, 6) is -0.829. The molecule has 0 saturated carbocycles. The minimum Gasteiger partial charge on any atom is -0.397 e. The largest absolute Gasteiger partial charge is 0.397 e. The Morgan fingerprint density at radius 3 is 2.41 bits per heavy atom. The number of nitrogens with zero attached hydrogens (tertiary/aromatic N) is 2. The van der Waals surface area contributed by atoms with Gasteiger partial charge in [0.15, 0.2) is 0 Å². The number of nitrogens with two attached hydrogens (primary N) is 1. The van der Waals surface area contributed by atoms with Crippen LogP contribution in [0.5, 0.6) is 0 Å². The van der Waals surface area contributed by atoms with Gasteiger partial charge in [-0.3, -0.25) is 9.59 Å². The molecule has 1 heterocycles. The van der Waals surface area contributed by atoms with Gasteiger partial charge in [-0.05, 0) is 43.3 Å². The molecular formula is C22H17N3O2. The summed E-state index contributed by atoms with van der Waals surface area (Å²) in [5, 5.41) is 0. The second kappa shape index (κ2) is 6.53. The van der Waals surface area contributed by atoms with E-state index in [1.165, 1.54) is 4.90 Å². The van der Waals surface area contributed by atoms with E-state index < -0.39 is 5.91 Å². The minimum absolute atomic E-state index is 0.218. The van der Waals surface area contributed by atoms with Gasteiger partial charge in [0, 0.05) is 11.1 Å². The van der Waals surface area contributed by atoms with E-state index in [1.54, 1.807) is 54.6 Å². The predicted octanol–water partition coefficient (Wildman–Crippen LogP) is 3.89. The van der Waals surface area contributed by atoms with Gasteiger partial charge in [-0.2, -0.15) is 0 Å². The van der Waals surface area contributed by atoms with E-state index >= 15 is 0 Å². The Morgan fingerprint density at radius 1 is 0.963 bits per heavy atom. The van der Waals surface area contributed by atoms with Gasteiger partial charge in [0.1, 0.15) is 5.71 Å². The highest BCUT2D eigenvalue weighted by Gasteiger charge is 2.38. The second-order valence-electron chi connectivity index (χ2n) is 6.35. The van der Waals surface area contributed by atoms with Crippen molar-refractivity contribution in [1.29, 1.82) is 0 Å². The molecule has 3 aromatic rings. The summed E-state index contributed by atoms with van der Waals surface area (Å²) in [4.78, 5) is 31.8. The third-order valence-corrected chi connectivity index (χ3v) is 4.45. The number of nitrogen functional groups attached to an aromatic ring is 1. The topological polar surface area (TPSA) is 75.8 Å². The molecule has 5 nitrogen and oxygen atoms in total. The quantitative estimate of drug-likeness (QED) is 0.560. The van der Waals surface area contributed by atoms with Crippen molar-refractivity contribution in [1.82, 2.24) is 0 Å². The number of para-hydroxylation sites is 2. The van der Waals surface area contributed by atoms with E-state index in [2.05, 4.69) is 4.99 Å². The van der Waals surface area contributed by atoms with E-state index in [-0.39, 0.29) is 11.6 Å². The summed E-state index contributed by atoms with van der Waals surface area (Å²) in [7, 11) is 0. The zero-order valence-corrected chi connectivity index (χ0v) is 14.7. The molecule has 0 radical (unpaired) electrons. The van der Waals surface area contributed by atoms with Crippen LogP contribution in [0.4, 0.5) is 17.1 Å². The van der Waals surface area contributed by atoms with Crippen molar-refractivity contribution in [3.63, 3.8) is 0 Å². The first-order valence-corrected chi connectivity index (χ1v) is 8.54. The number of benzene rings is 3. The number of amides is 2. The highest BCUT2D eigenvalue weighted by Crippen LogP contribution is 2.34. The van der Waals surface area contributed by atoms with Crippen molar-refractivity contribution in [3.8, 4) is 0 Å². The van der Waals surface area contributed by atoms with Gasteiger partial charge < -0.3 is 5.73 Å². The monoisotopic (exact) mass is 355 g/mol. The van der Waals surface area contributed by atoms with Gasteiger partial charge >= 0.3 is 0 Å². The highest BCUT2D eigenvalue weighted by molar-refractivity contribution is 6.59. The normalized spacial score (nSPS) is 14.5. The molecule has 0 aliphatic carbocycles. The number of aryl methyl sites for hydroxylation is 1. The molecule has 1 aliphatic heterocycles. The number of carbonyl (C=O) groups excluding carboxylic acids is 2. The third kappa shape index (κ3) is 2.89. The number of hydrogen-bond acceptors (Lipinski definition) is 4. The molecule has 0 spiro atoms. The number of imide groups is 1. The van der Waals surface area contributed by atoms with Crippen LogP contribution >= 0.6 is 0 Å². The van der Waals surface area contributed by atoms with Crippen molar-refractivity contribution in [2.24, 2.45) is 4.99 Å². The van der Waals surface area contributed by atoms with Gasteiger partial charge in [-0.1, -0.05) is 42.0 Å². The van der Waals surface area contributed by atoms with Crippen molar-refractivity contribution < 1.29 is 9.59 Å². The molecule has 0 saturated heterocycles. The van der Waals surface area contributed by atoms with Crippen molar-refractivity contribution in [2.45, 2.75) is 6.92 Å². The molecule has 27 heavy (non-hydrogen) atoms. The molecule has 5 heteroatoms. The molecule has 0 fully saturated rings.